The fraction of sp³-hybridized carbons (Fsp3) is 0.118. The molecule has 0 radical (unpaired) electrons. The van der Waals surface area contributed by atoms with Crippen LogP contribution in [0.2, 0.25) is 0 Å². The lowest BCUT2D eigenvalue weighted by Crippen LogP contribution is -2.27. The minimum Gasteiger partial charge on any atom is -0.264 e. The molecule has 258 valence electrons. The first kappa shape index (κ1) is 32.2. The van der Waals surface area contributed by atoms with Crippen LogP contribution in [-0.4, -0.2) is 15.0 Å². The van der Waals surface area contributed by atoms with Gasteiger partial charge in [0.05, 0.1) is 11.4 Å². The third-order valence-electron chi connectivity index (χ3n) is 11.6. The summed E-state index contributed by atoms with van der Waals surface area (Å²) < 4.78 is 0. The van der Waals surface area contributed by atoms with Crippen LogP contribution in [0, 0.1) is 0 Å². The highest BCUT2D eigenvalue weighted by atomic mass is 14.9. The van der Waals surface area contributed by atoms with Crippen molar-refractivity contribution in [1.29, 1.82) is 0 Å². The molecule has 2 aromatic heterocycles. The van der Waals surface area contributed by atoms with E-state index in [1.54, 1.807) is 11.8 Å². The summed E-state index contributed by atoms with van der Waals surface area (Å²) in [5.74, 6) is 0.711. The van der Waals surface area contributed by atoms with Gasteiger partial charge in [0.25, 0.3) is 0 Å². The third kappa shape index (κ3) is 5.74. The molecule has 2 heterocycles. The zero-order valence-corrected chi connectivity index (χ0v) is 30.1. The summed E-state index contributed by atoms with van der Waals surface area (Å²) in [6.07, 6.45) is 10.2. The maximum Gasteiger partial charge on any atom is 0.160 e. The summed E-state index contributed by atoms with van der Waals surface area (Å²) in [5, 5.41) is 0. The molecule has 1 spiro atoms. The first-order valence-electron chi connectivity index (χ1n) is 19.1. The van der Waals surface area contributed by atoms with E-state index >= 15 is 0 Å². The second kappa shape index (κ2) is 13.5. The van der Waals surface area contributed by atoms with Crippen LogP contribution in [-0.2, 0) is 5.41 Å². The van der Waals surface area contributed by atoms with Gasteiger partial charge in [0.2, 0.25) is 0 Å². The Morgan fingerprint density at radius 2 is 0.889 bits per heavy atom. The number of hydrogen-bond donors (Lipinski definition) is 0. The average molecular weight is 694 g/mol. The molecule has 2 aliphatic carbocycles. The highest BCUT2D eigenvalue weighted by Gasteiger charge is 2.43. The van der Waals surface area contributed by atoms with Crippen LogP contribution < -0.4 is 0 Å². The van der Waals surface area contributed by atoms with Crippen molar-refractivity contribution in [2.75, 3.05) is 0 Å². The second-order valence-electron chi connectivity index (χ2n) is 14.8. The highest BCUT2D eigenvalue weighted by molar-refractivity contribution is 5.85. The predicted molar refractivity (Wildman–Crippen MR) is 222 cm³/mol. The maximum absolute atomic E-state index is 5.06. The molecule has 0 amide bonds. The lowest BCUT2D eigenvalue weighted by Gasteiger charge is -2.36. The minimum absolute atomic E-state index is 0.196. The molecule has 0 N–H and O–H groups in total. The van der Waals surface area contributed by atoms with Gasteiger partial charge >= 0.3 is 0 Å². The number of hydrogen-bond acceptors (Lipinski definition) is 3. The number of aromatic nitrogens is 3. The molecule has 0 bridgehead atoms. The molecular weight excluding hydrogens is 655 g/mol. The van der Waals surface area contributed by atoms with Crippen LogP contribution in [0.4, 0.5) is 0 Å². The van der Waals surface area contributed by atoms with Crippen molar-refractivity contribution in [2.45, 2.75) is 37.5 Å². The molecule has 0 saturated heterocycles. The summed E-state index contributed by atoms with van der Waals surface area (Å²) >= 11 is 0. The summed E-state index contributed by atoms with van der Waals surface area (Å²) in [7, 11) is 0. The number of pyridine rings is 1. The van der Waals surface area contributed by atoms with E-state index in [9.17, 15) is 0 Å². The molecule has 0 unspecified atom stereocenters. The van der Waals surface area contributed by atoms with Crippen LogP contribution in [0.1, 0.15) is 43.2 Å². The topological polar surface area (TPSA) is 38.7 Å². The van der Waals surface area contributed by atoms with Gasteiger partial charge in [-0.25, -0.2) is 9.97 Å². The Kier molecular flexibility index (Phi) is 8.06. The fourth-order valence-corrected chi connectivity index (χ4v) is 8.85. The van der Waals surface area contributed by atoms with Crippen LogP contribution in [0.5, 0.6) is 0 Å². The highest BCUT2D eigenvalue weighted by Crippen LogP contribution is 2.56. The van der Waals surface area contributed by atoms with Gasteiger partial charge in [-0.2, -0.15) is 0 Å². The minimum atomic E-state index is 0.196. The van der Waals surface area contributed by atoms with Gasteiger partial charge in [0, 0.05) is 34.5 Å². The largest absolute Gasteiger partial charge is 0.264 e. The van der Waals surface area contributed by atoms with Crippen LogP contribution in [0.3, 0.4) is 0 Å². The van der Waals surface area contributed by atoms with E-state index in [-0.39, 0.29) is 5.41 Å². The first-order valence-corrected chi connectivity index (χ1v) is 19.1. The second-order valence-corrected chi connectivity index (χ2v) is 14.8. The van der Waals surface area contributed by atoms with Gasteiger partial charge in [-0.15, -0.1) is 0 Å². The molecule has 1 fully saturated rings. The molecule has 10 rings (SSSR count). The normalized spacial score (nSPS) is 14.1. The summed E-state index contributed by atoms with van der Waals surface area (Å²) in [5.41, 5.74) is 18.1. The van der Waals surface area contributed by atoms with Gasteiger partial charge in [0.1, 0.15) is 0 Å². The van der Waals surface area contributed by atoms with Crippen molar-refractivity contribution in [3.63, 3.8) is 0 Å². The molecule has 54 heavy (non-hydrogen) atoms. The lowest BCUT2D eigenvalue weighted by molar-refractivity contribution is 0.353. The van der Waals surface area contributed by atoms with Gasteiger partial charge < -0.3 is 0 Å². The first-order chi connectivity index (χ1) is 26.7. The van der Waals surface area contributed by atoms with Crippen molar-refractivity contribution < 1.29 is 0 Å². The number of benzene rings is 6. The van der Waals surface area contributed by atoms with Crippen LogP contribution in [0.15, 0.2) is 176 Å². The summed E-state index contributed by atoms with van der Waals surface area (Å²) in [6.45, 7) is 0. The monoisotopic (exact) mass is 693 g/mol. The number of nitrogens with zero attached hydrogens (tertiary/aromatic N) is 3. The van der Waals surface area contributed by atoms with E-state index in [1.165, 1.54) is 71.0 Å². The van der Waals surface area contributed by atoms with E-state index in [2.05, 4.69) is 145 Å². The predicted octanol–water partition coefficient (Wildman–Crippen LogP) is 13.1. The lowest BCUT2D eigenvalue weighted by atomic mass is 9.68. The Bertz CT molecular complexity index is 2590. The Morgan fingerprint density at radius 1 is 0.370 bits per heavy atom. The van der Waals surface area contributed by atoms with Crippen molar-refractivity contribution in [2.24, 2.45) is 0 Å². The van der Waals surface area contributed by atoms with Gasteiger partial charge in [-0.3, -0.25) is 4.98 Å². The Hall–Kier alpha value is -6.45. The summed E-state index contributed by atoms with van der Waals surface area (Å²) in [4.78, 5) is 14.4. The van der Waals surface area contributed by atoms with Crippen LogP contribution >= 0.6 is 0 Å². The molecule has 3 heteroatoms. The molecular formula is C51H39N3. The van der Waals surface area contributed by atoms with Crippen molar-refractivity contribution in [3.05, 3.63) is 187 Å². The molecule has 2 aliphatic rings. The number of rotatable bonds is 6. The standard InChI is InChI=1S/C51H39N3/c1-3-10-41(11-4-1)50-53-48(33-49(54-50)40-25-21-38(22-26-40)43-12-9-31-52-34-43)39-23-19-36(20-24-39)35-15-17-37(18-16-35)42-27-28-47-45(32-42)44-13-5-6-14-46(44)51(47)29-7-2-8-30-51/h1,3-6,9-28,31-34H,2,7-8,29-30H2. The fourth-order valence-electron chi connectivity index (χ4n) is 8.85. The van der Waals surface area contributed by atoms with E-state index in [4.69, 9.17) is 9.97 Å². The van der Waals surface area contributed by atoms with Crippen LogP contribution in [0.25, 0.3) is 78.4 Å². The quantitative estimate of drug-likeness (QED) is 0.174. The molecule has 8 aromatic rings. The van der Waals surface area contributed by atoms with Crippen molar-refractivity contribution in [1.82, 2.24) is 15.0 Å². The third-order valence-corrected chi connectivity index (χ3v) is 11.6. The number of fused-ring (bicyclic) bond motifs is 5. The molecule has 1 saturated carbocycles. The zero-order chi connectivity index (χ0) is 35.9. The Labute approximate surface area is 317 Å². The molecule has 0 atom stereocenters. The van der Waals surface area contributed by atoms with E-state index in [0.29, 0.717) is 5.82 Å². The molecule has 6 aromatic carbocycles. The zero-order valence-electron chi connectivity index (χ0n) is 30.1. The van der Waals surface area contributed by atoms with Crippen molar-refractivity contribution >= 4 is 0 Å². The average Bonchev–Trinajstić information content (AvgIpc) is 3.52. The smallest absolute Gasteiger partial charge is 0.160 e. The van der Waals surface area contributed by atoms with Crippen molar-refractivity contribution in [3.8, 4) is 78.4 Å². The van der Waals surface area contributed by atoms with Gasteiger partial charge in [0.15, 0.2) is 5.82 Å². The van der Waals surface area contributed by atoms with Gasteiger partial charge in [-0.1, -0.05) is 165 Å². The Balaban J connectivity index is 0.939. The van der Waals surface area contributed by atoms with E-state index in [0.717, 1.165) is 39.2 Å². The molecule has 0 aliphatic heterocycles. The van der Waals surface area contributed by atoms with Gasteiger partial charge in [-0.05, 0) is 86.7 Å². The Morgan fingerprint density at radius 3 is 1.52 bits per heavy atom. The van der Waals surface area contributed by atoms with E-state index < -0.39 is 0 Å². The van der Waals surface area contributed by atoms with E-state index in [1.807, 2.05) is 30.5 Å². The molecule has 3 nitrogen and oxygen atoms in total. The summed E-state index contributed by atoms with van der Waals surface area (Å²) in [6, 6.07) is 59.0. The SMILES string of the molecule is c1ccc(-c2nc(-c3ccc(-c4ccc(-c5ccc6c(c5)-c5ccccc5C65CCCCC5)cc4)cc3)cc(-c3ccc(-c4cccnc4)cc3)n2)cc1. The maximum atomic E-state index is 5.06.